The molecule has 0 atom stereocenters. The second-order valence-electron chi connectivity index (χ2n) is 4.70. The molecule has 1 aromatic carbocycles. The highest BCUT2D eigenvalue weighted by Crippen LogP contribution is 2.15. The van der Waals surface area contributed by atoms with Gasteiger partial charge in [0.2, 0.25) is 0 Å². The van der Waals surface area contributed by atoms with Crippen LogP contribution in [0.4, 0.5) is 5.69 Å². The first-order valence-electron chi connectivity index (χ1n) is 6.84. The minimum Gasteiger partial charge on any atom is -0.379 e. The summed E-state index contributed by atoms with van der Waals surface area (Å²) >= 11 is 8.72. The predicted molar refractivity (Wildman–Crippen MR) is 90.2 cm³/mol. The molecule has 2 rings (SSSR count). The highest BCUT2D eigenvalue weighted by molar-refractivity contribution is 9.10. The summed E-state index contributed by atoms with van der Waals surface area (Å²) in [5.41, 5.74) is 0.991. The standard InChI is InChI=1S/C14H20BrN3OS/c15-12-3-1-4-13(11-12)17-14(20)16-5-2-6-18-7-9-19-10-8-18/h1,3-4,11H,2,5-10H2,(H2,16,17,20). The first-order chi connectivity index (χ1) is 9.74. The maximum atomic E-state index is 5.33. The van der Waals surface area contributed by atoms with E-state index in [1.165, 1.54) is 0 Å². The fraction of sp³-hybridized carbons (Fsp3) is 0.500. The molecule has 0 bridgehead atoms. The van der Waals surface area contributed by atoms with Crippen LogP contribution in [0.2, 0.25) is 0 Å². The van der Waals surface area contributed by atoms with E-state index in [1.807, 2.05) is 24.3 Å². The lowest BCUT2D eigenvalue weighted by Gasteiger charge is -2.26. The van der Waals surface area contributed by atoms with Gasteiger partial charge in [0.1, 0.15) is 0 Å². The van der Waals surface area contributed by atoms with Crippen molar-refractivity contribution in [2.24, 2.45) is 0 Å². The molecule has 0 saturated carbocycles. The van der Waals surface area contributed by atoms with E-state index in [2.05, 4.69) is 31.5 Å². The van der Waals surface area contributed by atoms with Crippen molar-refractivity contribution in [2.75, 3.05) is 44.7 Å². The molecule has 1 aromatic rings. The van der Waals surface area contributed by atoms with E-state index < -0.39 is 0 Å². The van der Waals surface area contributed by atoms with Crippen LogP contribution >= 0.6 is 28.1 Å². The Labute approximate surface area is 134 Å². The zero-order valence-electron chi connectivity index (χ0n) is 11.4. The number of anilines is 1. The van der Waals surface area contributed by atoms with Gasteiger partial charge in [0.25, 0.3) is 0 Å². The molecule has 0 radical (unpaired) electrons. The van der Waals surface area contributed by atoms with Crippen molar-refractivity contribution in [2.45, 2.75) is 6.42 Å². The minimum absolute atomic E-state index is 0.671. The van der Waals surface area contributed by atoms with Crippen molar-refractivity contribution in [3.8, 4) is 0 Å². The first-order valence-corrected chi connectivity index (χ1v) is 8.05. The maximum Gasteiger partial charge on any atom is 0.170 e. The number of benzene rings is 1. The molecule has 0 aliphatic carbocycles. The summed E-state index contributed by atoms with van der Waals surface area (Å²) < 4.78 is 6.37. The predicted octanol–water partition coefficient (Wildman–Crippen LogP) is 2.46. The molecule has 1 fully saturated rings. The van der Waals surface area contributed by atoms with E-state index in [1.54, 1.807) is 0 Å². The van der Waals surface area contributed by atoms with E-state index in [-0.39, 0.29) is 0 Å². The van der Waals surface area contributed by atoms with E-state index in [4.69, 9.17) is 17.0 Å². The van der Waals surface area contributed by atoms with Crippen molar-refractivity contribution in [1.82, 2.24) is 10.2 Å². The zero-order valence-corrected chi connectivity index (χ0v) is 13.8. The lowest BCUT2D eigenvalue weighted by atomic mass is 10.3. The number of ether oxygens (including phenoxy) is 1. The number of hydrogen-bond acceptors (Lipinski definition) is 3. The van der Waals surface area contributed by atoms with Crippen LogP contribution in [-0.4, -0.2) is 49.4 Å². The van der Waals surface area contributed by atoms with E-state index in [0.717, 1.165) is 56.0 Å². The van der Waals surface area contributed by atoms with Gasteiger partial charge in [-0.15, -0.1) is 0 Å². The summed E-state index contributed by atoms with van der Waals surface area (Å²) in [5.74, 6) is 0. The molecule has 1 aliphatic rings. The van der Waals surface area contributed by atoms with Gasteiger partial charge in [-0.05, 0) is 43.4 Å². The van der Waals surface area contributed by atoms with Crippen LogP contribution < -0.4 is 10.6 Å². The second-order valence-corrected chi connectivity index (χ2v) is 6.02. The Morgan fingerprint density at radius 2 is 2.15 bits per heavy atom. The van der Waals surface area contributed by atoms with Crippen LogP contribution in [0.15, 0.2) is 28.7 Å². The Kier molecular flexibility index (Phi) is 6.72. The molecule has 0 aromatic heterocycles. The van der Waals surface area contributed by atoms with Crippen LogP contribution in [0.5, 0.6) is 0 Å². The Morgan fingerprint density at radius 3 is 2.90 bits per heavy atom. The van der Waals surface area contributed by atoms with E-state index in [0.29, 0.717) is 5.11 Å². The highest BCUT2D eigenvalue weighted by atomic mass is 79.9. The lowest BCUT2D eigenvalue weighted by Crippen LogP contribution is -2.38. The van der Waals surface area contributed by atoms with Crippen molar-refractivity contribution >= 4 is 38.9 Å². The third-order valence-electron chi connectivity index (χ3n) is 3.12. The Bertz CT molecular complexity index is 438. The lowest BCUT2D eigenvalue weighted by molar-refractivity contribution is 0.0376. The van der Waals surface area contributed by atoms with E-state index >= 15 is 0 Å². The normalized spacial score (nSPS) is 15.8. The number of morpholine rings is 1. The first kappa shape index (κ1) is 15.7. The minimum atomic E-state index is 0.671. The molecule has 0 spiro atoms. The van der Waals surface area contributed by atoms with Gasteiger partial charge in [0.05, 0.1) is 13.2 Å². The van der Waals surface area contributed by atoms with Crippen LogP contribution in [0.1, 0.15) is 6.42 Å². The van der Waals surface area contributed by atoms with Gasteiger partial charge in [0, 0.05) is 29.8 Å². The fourth-order valence-corrected chi connectivity index (χ4v) is 2.69. The Balaban J connectivity index is 1.60. The Hall–Kier alpha value is -0.690. The number of thiocarbonyl (C=S) groups is 1. The average Bonchev–Trinajstić information content (AvgIpc) is 2.45. The smallest absolute Gasteiger partial charge is 0.170 e. The number of nitrogens with one attached hydrogen (secondary N) is 2. The van der Waals surface area contributed by atoms with Crippen molar-refractivity contribution in [3.63, 3.8) is 0 Å². The monoisotopic (exact) mass is 357 g/mol. The zero-order chi connectivity index (χ0) is 14.2. The number of halogens is 1. The molecule has 1 saturated heterocycles. The van der Waals surface area contributed by atoms with Crippen molar-refractivity contribution in [3.05, 3.63) is 28.7 Å². The van der Waals surface area contributed by atoms with Crippen LogP contribution in [0, 0.1) is 0 Å². The second kappa shape index (κ2) is 8.56. The molecule has 1 heterocycles. The van der Waals surface area contributed by atoms with Crippen molar-refractivity contribution < 1.29 is 4.74 Å². The van der Waals surface area contributed by atoms with Crippen LogP contribution in [0.25, 0.3) is 0 Å². The largest absolute Gasteiger partial charge is 0.379 e. The molecule has 0 amide bonds. The van der Waals surface area contributed by atoms with Gasteiger partial charge in [-0.1, -0.05) is 22.0 Å². The Morgan fingerprint density at radius 1 is 1.35 bits per heavy atom. The van der Waals surface area contributed by atoms with Crippen LogP contribution in [0.3, 0.4) is 0 Å². The topological polar surface area (TPSA) is 36.5 Å². The maximum absolute atomic E-state index is 5.33. The van der Waals surface area contributed by atoms with Gasteiger partial charge < -0.3 is 15.4 Å². The summed E-state index contributed by atoms with van der Waals surface area (Å²) in [7, 11) is 0. The highest BCUT2D eigenvalue weighted by Gasteiger charge is 2.09. The van der Waals surface area contributed by atoms with Gasteiger partial charge in [-0.2, -0.15) is 0 Å². The summed E-state index contributed by atoms with van der Waals surface area (Å²) in [4.78, 5) is 2.43. The SMILES string of the molecule is S=C(NCCCN1CCOCC1)Nc1cccc(Br)c1. The molecule has 20 heavy (non-hydrogen) atoms. The molecule has 1 aliphatic heterocycles. The molecule has 2 N–H and O–H groups in total. The summed E-state index contributed by atoms with van der Waals surface area (Å²) in [5, 5.41) is 7.09. The molecular weight excluding hydrogens is 338 g/mol. The van der Waals surface area contributed by atoms with Gasteiger partial charge in [-0.3, -0.25) is 4.90 Å². The molecule has 4 nitrogen and oxygen atoms in total. The third kappa shape index (κ3) is 5.75. The molecule has 0 unspecified atom stereocenters. The number of hydrogen-bond donors (Lipinski definition) is 2. The molecule has 110 valence electrons. The molecular formula is C14H20BrN3OS. The average molecular weight is 358 g/mol. The summed E-state index contributed by atoms with van der Waals surface area (Å²) in [6, 6.07) is 7.96. The van der Waals surface area contributed by atoms with Crippen molar-refractivity contribution in [1.29, 1.82) is 0 Å². The number of nitrogens with zero attached hydrogens (tertiary/aromatic N) is 1. The van der Waals surface area contributed by atoms with Gasteiger partial charge in [0.15, 0.2) is 5.11 Å². The number of rotatable bonds is 5. The summed E-state index contributed by atoms with van der Waals surface area (Å²) in [6.45, 7) is 5.78. The summed E-state index contributed by atoms with van der Waals surface area (Å²) in [6.07, 6.45) is 1.08. The third-order valence-corrected chi connectivity index (χ3v) is 3.86. The fourth-order valence-electron chi connectivity index (χ4n) is 2.07. The van der Waals surface area contributed by atoms with E-state index in [9.17, 15) is 0 Å². The van der Waals surface area contributed by atoms with Gasteiger partial charge in [-0.25, -0.2) is 0 Å². The van der Waals surface area contributed by atoms with Gasteiger partial charge >= 0.3 is 0 Å². The van der Waals surface area contributed by atoms with Crippen LogP contribution in [-0.2, 0) is 4.74 Å². The molecule has 6 heteroatoms. The quantitative estimate of drug-likeness (QED) is 0.625.